The molecule has 0 amide bonds. The molecule has 0 saturated heterocycles. The summed E-state index contributed by atoms with van der Waals surface area (Å²) in [6.45, 7) is 7.52. The van der Waals surface area contributed by atoms with Crippen molar-refractivity contribution in [2.75, 3.05) is 33.3 Å². The maximum Gasteiger partial charge on any atom is 0.332 e. The molecule has 0 heterocycles. The monoisotopic (exact) mass is 596 g/mol. The molecule has 0 atom stereocenters. The molecule has 5 heteroatoms. The van der Waals surface area contributed by atoms with Gasteiger partial charge in [0.2, 0.25) is 0 Å². The van der Waals surface area contributed by atoms with Crippen LogP contribution in [0.25, 0.3) is 0 Å². The molecular weight excluding hydrogens is 520 g/mol. The Morgan fingerprint density at radius 1 is 0.548 bits per heavy atom. The Balaban J connectivity index is 3.43. The zero-order valence-electron chi connectivity index (χ0n) is 28.8. The van der Waals surface area contributed by atoms with Crippen molar-refractivity contribution >= 4 is 11.9 Å². The Hall–Kier alpha value is -1.10. The molecule has 0 aliphatic carbocycles. The van der Waals surface area contributed by atoms with Crippen molar-refractivity contribution in [1.82, 2.24) is 4.90 Å². The molecule has 0 bridgehead atoms. The van der Waals surface area contributed by atoms with E-state index in [9.17, 15) is 9.90 Å². The molecule has 0 aromatic carbocycles. The molecular formula is C37H75N2O3+. The second-order valence-electron chi connectivity index (χ2n) is 12.9. The smallest absolute Gasteiger partial charge is 0.332 e. The highest BCUT2D eigenvalue weighted by molar-refractivity contribution is 5.69. The van der Waals surface area contributed by atoms with E-state index >= 15 is 0 Å². The number of carbonyl (C=O) groups is 1. The molecule has 0 saturated carbocycles. The van der Waals surface area contributed by atoms with Crippen LogP contribution in [-0.4, -0.2) is 55.2 Å². The summed E-state index contributed by atoms with van der Waals surface area (Å²) < 4.78 is 5.43. The predicted molar refractivity (Wildman–Crippen MR) is 183 cm³/mol. The molecule has 0 aromatic rings. The normalized spacial score (nSPS) is 12.0. The number of esters is 1. The second kappa shape index (κ2) is 34.4. The van der Waals surface area contributed by atoms with Crippen LogP contribution in [0.1, 0.15) is 194 Å². The number of ether oxygens (including phenoxy) is 1. The first-order chi connectivity index (χ1) is 20.6. The average Bonchev–Trinajstić information content (AvgIpc) is 2.98. The fourth-order valence-corrected chi connectivity index (χ4v) is 5.59. The SMILES string of the molecule is CCCCCCCCCCCCCCCC(=O)OCCN(C)CCCC(O)=[NH+]CCCCCCCCCCCCCC. The molecule has 0 rings (SSSR count). The van der Waals surface area contributed by atoms with Crippen LogP contribution in [0.2, 0.25) is 0 Å². The van der Waals surface area contributed by atoms with E-state index in [2.05, 4.69) is 30.8 Å². The third-order valence-electron chi connectivity index (χ3n) is 8.53. The third-order valence-corrected chi connectivity index (χ3v) is 8.53. The van der Waals surface area contributed by atoms with E-state index in [-0.39, 0.29) is 5.97 Å². The highest BCUT2D eigenvalue weighted by Crippen LogP contribution is 2.14. The molecule has 2 N–H and O–H groups in total. The van der Waals surface area contributed by atoms with E-state index in [1.165, 1.54) is 141 Å². The number of unbranched alkanes of at least 4 members (excludes halogenated alkanes) is 23. The highest BCUT2D eigenvalue weighted by Gasteiger charge is 2.07. The van der Waals surface area contributed by atoms with Gasteiger partial charge in [-0.2, -0.15) is 0 Å². The van der Waals surface area contributed by atoms with Crippen LogP contribution in [0.5, 0.6) is 0 Å². The van der Waals surface area contributed by atoms with Crippen LogP contribution >= 0.6 is 0 Å². The largest absolute Gasteiger partial charge is 0.464 e. The zero-order valence-corrected chi connectivity index (χ0v) is 28.8. The maximum absolute atomic E-state index is 12.0. The summed E-state index contributed by atoms with van der Waals surface area (Å²) in [5.74, 6) is 0.357. The van der Waals surface area contributed by atoms with E-state index in [4.69, 9.17) is 4.74 Å². The Kier molecular flexibility index (Phi) is 33.5. The topological polar surface area (TPSA) is 63.7 Å². The van der Waals surface area contributed by atoms with Crippen molar-refractivity contribution in [3.05, 3.63) is 0 Å². The van der Waals surface area contributed by atoms with Gasteiger partial charge in [0.1, 0.15) is 13.2 Å². The van der Waals surface area contributed by atoms with Crippen LogP contribution in [0.4, 0.5) is 0 Å². The van der Waals surface area contributed by atoms with Crippen LogP contribution in [0.3, 0.4) is 0 Å². The van der Waals surface area contributed by atoms with Crippen molar-refractivity contribution < 1.29 is 19.6 Å². The molecule has 0 spiro atoms. The molecule has 0 aromatic heterocycles. The Morgan fingerprint density at radius 2 is 0.952 bits per heavy atom. The number of nitrogens with zero attached hydrogens (tertiary/aromatic N) is 1. The fourth-order valence-electron chi connectivity index (χ4n) is 5.59. The first kappa shape index (κ1) is 40.9. The van der Waals surface area contributed by atoms with Crippen molar-refractivity contribution in [2.45, 2.75) is 194 Å². The molecule has 0 radical (unpaired) electrons. The summed E-state index contributed by atoms with van der Waals surface area (Å²) in [7, 11) is 2.05. The van der Waals surface area contributed by atoms with Crippen molar-refractivity contribution in [3.63, 3.8) is 0 Å². The van der Waals surface area contributed by atoms with Crippen LogP contribution in [0, 0.1) is 0 Å². The van der Waals surface area contributed by atoms with E-state index in [1.54, 1.807) is 0 Å². The van der Waals surface area contributed by atoms with Gasteiger partial charge in [0.15, 0.2) is 0 Å². The van der Waals surface area contributed by atoms with Crippen LogP contribution in [0.15, 0.2) is 0 Å². The minimum atomic E-state index is -0.0561. The molecule has 0 aliphatic heterocycles. The highest BCUT2D eigenvalue weighted by atomic mass is 16.5. The second-order valence-corrected chi connectivity index (χ2v) is 12.9. The third kappa shape index (κ3) is 33.4. The Morgan fingerprint density at radius 3 is 1.40 bits per heavy atom. The van der Waals surface area contributed by atoms with Crippen LogP contribution in [-0.2, 0) is 9.53 Å². The lowest BCUT2D eigenvalue weighted by Crippen LogP contribution is -2.73. The first-order valence-corrected chi connectivity index (χ1v) is 18.7. The molecule has 0 aliphatic rings. The molecule has 0 unspecified atom stereocenters. The number of aliphatic hydroxyl groups is 1. The van der Waals surface area contributed by atoms with E-state index in [0.717, 1.165) is 45.3 Å². The summed E-state index contributed by atoms with van der Waals surface area (Å²) in [6, 6.07) is 0. The van der Waals surface area contributed by atoms with Gasteiger partial charge in [0.05, 0.1) is 6.42 Å². The van der Waals surface area contributed by atoms with Gasteiger partial charge in [-0.1, -0.05) is 155 Å². The summed E-state index contributed by atoms with van der Waals surface area (Å²) in [5, 5.41) is 10.1. The fraction of sp³-hybridized carbons (Fsp3) is 0.946. The number of rotatable bonds is 34. The van der Waals surface area contributed by atoms with Gasteiger partial charge in [-0.15, -0.1) is 0 Å². The van der Waals surface area contributed by atoms with Gasteiger partial charge >= 0.3 is 11.9 Å². The lowest BCUT2D eigenvalue weighted by atomic mass is 10.0. The zero-order chi connectivity index (χ0) is 30.8. The Bertz CT molecular complexity index is 581. The number of carbonyl (C=O) groups excluding carboxylic acids is 1. The standard InChI is InChI=1S/C37H74N2O3/c1-4-6-8-10-12-14-16-18-19-21-23-25-27-31-37(41)42-35-34-39(3)33-29-30-36(40)38-32-28-26-24-22-20-17-15-13-11-9-7-5-2/h4-35H2,1-3H3,(H,38,40)/p+1. The lowest BCUT2D eigenvalue weighted by molar-refractivity contribution is -0.468. The average molecular weight is 596 g/mol. The molecule has 0 fully saturated rings. The summed E-state index contributed by atoms with van der Waals surface area (Å²) in [4.78, 5) is 17.4. The minimum absolute atomic E-state index is 0.0561. The number of nitrogens with one attached hydrogen (secondary N) is 1. The van der Waals surface area contributed by atoms with Crippen LogP contribution < -0.4 is 4.99 Å². The molecule has 250 valence electrons. The van der Waals surface area contributed by atoms with Gasteiger partial charge in [0, 0.05) is 19.4 Å². The quantitative estimate of drug-likeness (QED) is 0.0337. The predicted octanol–water partition coefficient (Wildman–Crippen LogP) is 9.46. The van der Waals surface area contributed by atoms with Crippen molar-refractivity contribution in [2.24, 2.45) is 0 Å². The number of hydrogen-bond donors (Lipinski definition) is 2. The van der Waals surface area contributed by atoms with Gasteiger partial charge < -0.3 is 14.7 Å². The van der Waals surface area contributed by atoms with Gasteiger partial charge in [0.25, 0.3) is 0 Å². The van der Waals surface area contributed by atoms with Crippen molar-refractivity contribution in [1.29, 1.82) is 0 Å². The van der Waals surface area contributed by atoms with E-state index < -0.39 is 0 Å². The lowest BCUT2D eigenvalue weighted by Gasteiger charge is -2.15. The summed E-state index contributed by atoms with van der Waals surface area (Å²) in [6.07, 6.45) is 35.5. The summed E-state index contributed by atoms with van der Waals surface area (Å²) >= 11 is 0. The Labute approximate surface area is 263 Å². The minimum Gasteiger partial charge on any atom is -0.464 e. The van der Waals surface area contributed by atoms with Gasteiger partial charge in [-0.25, -0.2) is 4.99 Å². The van der Waals surface area contributed by atoms with E-state index in [1.807, 2.05) is 0 Å². The maximum atomic E-state index is 12.0. The molecule has 5 nitrogen and oxygen atoms in total. The number of likely N-dealkylation sites (N-methyl/N-ethyl adjacent to an activating group) is 1. The first-order valence-electron chi connectivity index (χ1n) is 18.7. The molecule has 42 heavy (non-hydrogen) atoms. The number of aliphatic hydroxyl groups excluding tert-OH is 1. The number of hydrogen-bond acceptors (Lipinski definition) is 3. The van der Waals surface area contributed by atoms with Gasteiger partial charge in [-0.3, -0.25) is 4.79 Å². The summed E-state index contributed by atoms with van der Waals surface area (Å²) in [5.41, 5.74) is 0. The van der Waals surface area contributed by atoms with Gasteiger partial charge in [-0.05, 0) is 32.9 Å². The van der Waals surface area contributed by atoms with E-state index in [0.29, 0.717) is 25.3 Å². The van der Waals surface area contributed by atoms with Crippen molar-refractivity contribution in [3.8, 4) is 0 Å².